The van der Waals surface area contributed by atoms with E-state index in [-0.39, 0.29) is 47.8 Å². The van der Waals surface area contributed by atoms with E-state index in [9.17, 15) is 19.2 Å². The molecule has 2 rings (SSSR count). The molecule has 2 aliphatic carbocycles. The minimum atomic E-state index is -2.37. The molecule has 2 saturated carbocycles. The highest BCUT2D eigenvalue weighted by molar-refractivity contribution is 6.89. The zero-order valence-electron chi connectivity index (χ0n) is 55.1. The van der Waals surface area contributed by atoms with Crippen molar-refractivity contribution in [1.29, 1.82) is 0 Å². The first-order valence-corrected chi connectivity index (χ1v) is 46.9. The summed E-state index contributed by atoms with van der Waals surface area (Å²) in [5, 5.41) is 13.2. The van der Waals surface area contributed by atoms with Crippen LogP contribution in [0, 0.1) is 0 Å². The van der Waals surface area contributed by atoms with E-state index < -0.39 is 33.8 Å². The molecule has 0 heterocycles. The van der Waals surface area contributed by atoms with Gasteiger partial charge in [-0.15, -0.1) is 0 Å². The molecule has 0 aromatic carbocycles. The Balaban J connectivity index is 1.49. The molecule has 0 spiro atoms. The largest absolute Gasteiger partial charge is 0.436 e. The van der Waals surface area contributed by atoms with E-state index in [2.05, 4.69) is 87.5 Å². The van der Waals surface area contributed by atoms with Gasteiger partial charge in [0.1, 0.15) is 0 Å². The van der Waals surface area contributed by atoms with Crippen LogP contribution in [0.4, 0.5) is 0 Å². The van der Waals surface area contributed by atoms with Gasteiger partial charge >= 0.3 is 17.1 Å². The van der Waals surface area contributed by atoms with E-state index in [0.29, 0.717) is 25.7 Å². The van der Waals surface area contributed by atoms with Crippen molar-refractivity contribution in [2.75, 3.05) is 0 Å². The number of unbranched alkanes of at least 4 members (excludes halogenated alkanes) is 30. The number of hydrogen-bond donors (Lipinski definition) is 4. The summed E-state index contributed by atoms with van der Waals surface area (Å²) in [6.45, 7) is 22.9. The van der Waals surface area contributed by atoms with Crippen molar-refractivity contribution < 1.29 is 31.5 Å². The zero-order valence-corrected chi connectivity index (χ0v) is 59.1. The number of nitrogens with one attached hydrogen (secondary N) is 4. The van der Waals surface area contributed by atoms with Gasteiger partial charge in [0.2, 0.25) is 23.6 Å². The monoisotopic (exact) mass is 1210 g/mol. The Morgan fingerprint density at radius 1 is 0.296 bits per heavy atom. The van der Waals surface area contributed by atoms with Gasteiger partial charge in [-0.2, -0.15) is 0 Å². The van der Waals surface area contributed by atoms with Crippen LogP contribution in [0.3, 0.4) is 0 Å². The second kappa shape index (κ2) is 45.9. The van der Waals surface area contributed by atoms with Gasteiger partial charge in [0.15, 0.2) is 16.6 Å². The van der Waals surface area contributed by atoms with Crippen molar-refractivity contribution in [2.45, 2.75) is 398 Å². The van der Waals surface area contributed by atoms with E-state index in [1.807, 2.05) is 0 Å². The van der Waals surface area contributed by atoms with E-state index >= 15 is 0 Å². The molecular formula is C66H134N4O7Si4. The lowest BCUT2D eigenvalue weighted by molar-refractivity contribution is -0.125. The van der Waals surface area contributed by atoms with Gasteiger partial charge < -0.3 is 33.6 Å². The van der Waals surface area contributed by atoms with Crippen LogP contribution in [0.1, 0.15) is 309 Å². The Kier molecular flexibility index (Phi) is 42.9. The second-order valence-electron chi connectivity index (χ2n) is 27.7. The van der Waals surface area contributed by atoms with Crippen LogP contribution in [0.5, 0.6) is 0 Å². The summed E-state index contributed by atoms with van der Waals surface area (Å²) in [6, 6.07) is 2.63. The first-order valence-electron chi connectivity index (χ1n) is 35.0. The molecular weight excluding hydrogens is 1070 g/mol. The van der Waals surface area contributed by atoms with Gasteiger partial charge in [-0.05, 0) is 116 Å². The molecule has 0 aromatic heterocycles. The summed E-state index contributed by atoms with van der Waals surface area (Å²) < 4.78 is 20.8. The van der Waals surface area contributed by atoms with E-state index in [1.54, 1.807) is 0 Å². The van der Waals surface area contributed by atoms with Crippen LogP contribution >= 0.6 is 0 Å². The molecule has 0 aromatic rings. The molecule has 0 unspecified atom stereocenters. The SMILES string of the molecule is CCCCCCCCCCCC(=O)N[C@@H]1CCCC[C@H]1NC(=O)CCCCCCCCCC[Si](C)(C)O[Si](C)(C)O[Si](C)(C)O[Si](C)(C)CCCCCCCCCCC(=O)N[C@@H]1CCCC[C@H]1NC(=O)CCCCCCCCCCC. The maximum absolute atomic E-state index is 12.9. The molecule has 4 atom stereocenters. The summed E-state index contributed by atoms with van der Waals surface area (Å²) in [6.07, 6.45) is 52.2. The molecule has 15 heteroatoms. The van der Waals surface area contributed by atoms with Crippen LogP contribution in [-0.2, 0) is 31.5 Å². The van der Waals surface area contributed by atoms with Crippen LogP contribution in [0.2, 0.25) is 64.5 Å². The summed E-state index contributed by atoms with van der Waals surface area (Å²) in [4.78, 5) is 51.4. The molecule has 2 fully saturated rings. The maximum atomic E-state index is 12.9. The Bertz CT molecular complexity index is 1510. The standard InChI is InChI=1S/C66H134N4O7Si4/c1-11-13-15-17-19-21-27-33-39-53-63(71)67-59-49-43-45-51-61(59)69-65(73)55-41-35-29-23-25-31-37-47-57-78(3,4)75-80(7,8)77-81(9,10)76-79(5,6)58-48-38-32-26-24-30-36-42-56-66(74)70-62-52-46-44-50-60(62)68-64(72)54-40-34-28-22-20-18-16-14-12-2/h59-62H,11-58H2,1-10H3,(H,67,71)(H,68,72)(H,69,73)(H,70,74)/t59-,60-,61-,62-/m1/s1. The summed E-state index contributed by atoms with van der Waals surface area (Å²) in [7, 11) is -8.51. The highest BCUT2D eigenvalue weighted by atomic mass is 28.5. The summed E-state index contributed by atoms with van der Waals surface area (Å²) >= 11 is 0. The Labute approximate surface area is 505 Å². The number of carbonyl (C=O) groups excluding carboxylic acids is 4. The predicted molar refractivity (Wildman–Crippen MR) is 354 cm³/mol. The van der Waals surface area contributed by atoms with Crippen molar-refractivity contribution in [3.63, 3.8) is 0 Å². The smallest absolute Gasteiger partial charge is 0.312 e. The number of rotatable bonds is 52. The maximum Gasteiger partial charge on any atom is 0.312 e. The van der Waals surface area contributed by atoms with E-state index in [4.69, 9.17) is 12.3 Å². The fourth-order valence-corrected chi connectivity index (χ4v) is 32.6. The molecule has 476 valence electrons. The van der Waals surface area contributed by atoms with E-state index in [0.717, 1.165) is 115 Å². The average Bonchev–Trinajstić information content (AvgIpc) is 3.38. The number of carbonyl (C=O) groups is 4. The fourth-order valence-electron chi connectivity index (χ4n) is 13.1. The van der Waals surface area contributed by atoms with Gasteiger partial charge in [0.05, 0.1) is 0 Å². The number of hydrogen-bond acceptors (Lipinski definition) is 7. The van der Waals surface area contributed by atoms with Gasteiger partial charge in [0.25, 0.3) is 0 Å². The third-order valence-electron chi connectivity index (χ3n) is 17.3. The van der Waals surface area contributed by atoms with Crippen molar-refractivity contribution in [1.82, 2.24) is 21.3 Å². The zero-order chi connectivity index (χ0) is 59.5. The molecule has 4 N–H and O–H groups in total. The first kappa shape index (κ1) is 75.7. The first-order chi connectivity index (χ1) is 38.8. The quantitative estimate of drug-likeness (QED) is 0.0351. The van der Waals surface area contributed by atoms with Crippen molar-refractivity contribution in [3.05, 3.63) is 0 Å². The van der Waals surface area contributed by atoms with Gasteiger partial charge in [0, 0.05) is 49.9 Å². The summed E-state index contributed by atoms with van der Waals surface area (Å²) in [5.74, 6) is 0.624. The summed E-state index contributed by atoms with van der Waals surface area (Å²) in [5.41, 5.74) is 0. The highest BCUT2D eigenvalue weighted by Gasteiger charge is 2.43. The molecule has 11 nitrogen and oxygen atoms in total. The lowest BCUT2D eigenvalue weighted by atomic mass is 9.90. The van der Waals surface area contributed by atoms with Crippen LogP contribution in [0.15, 0.2) is 0 Å². The van der Waals surface area contributed by atoms with E-state index in [1.165, 1.54) is 167 Å². The highest BCUT2D eigenvalue weighted by Crippen LogP contribution is 2.29. The van der Waals surface area contributed by atoms with Crippen molar-refractivity contribution in [3.8, 4) is 0 Å². The predicted octanol–water partition coefficient (Wildman–Crippen LogP) is 18.8. The topological polar surface area (TPSA) is 144 Å². The minimum absolute atomic E-state index is 0.0730. The third kappa shape index (κ3) is 42.2. The van der Waals surface area contributed by atoms with Crippen LogP contribution < -0.4 is 21.3 Å². The molecule has 2 aliphatic rings. The van der Waals surface area contributed by atoms with Crippen molar-refractivity contribution in [2.24, 2.45) is 0 Å². The Morgan fingerprint density at radius 2 is 0.494 bits per heavy atom. The van der Waals surface area contributed by atoms with Crippen LogP contribution in [-0.4, -0.2) is 81.6 Å². The Morgan fingerprint density at radius 3 is 0.716 bits per heavy atom. The minimum Gasteiger partial charge on any atom is -0.436 e. The molecule has 0 saturated heterocycles. The lowest BCUT2D eigenvalue weighted by Crippen LogP contribution is -2.56. The van der Waals surface area contributed by atoms with Gasteiger partial charge in [-0.25, -0.2) is 0 Å². The van der Waals surface area contributed by atoms with Gasteiger partial charge in [-0.1, -0.05) is 232 Å². The second-order valence-corrected chi connectivity index (χ2v) is 43.8. The number of amides is 4. The fraction of sp³-hybridized carbons (Fsp3) is 0.939. The molecule has 4 amide bonds. The Hall–Kier alpha value is -1.37. The van der Waals surface area contributed by atoms with Gasteiger partial charge in [-0.3, -0.25) is 19.2 Å². The third-order valence-corrected chi connectivity index (χ3v) is 32.7. The molecule has 0 bridgehead atoms. The molecule has 0 aliphatic heterocycles. The normalized spacial score (nSPS) is 18.2. The average molecular weight is 1210 g/mol. The molecule has 81 heavy (non-hydrogen) atoms. The van der Waals surface area contributed by atoms with Crippen LogP contribution in [0.25, 0.3) is 0 Å². The lowest BCUT2D eigenvalue weighted by Gasteiger charge is -2.41. The molecule has 0 radical (unpaired) electrons. The van der Waals surface area contributed by atoms with Crippen molar-refractivity contribution >= 4 is 57.4 Å².